The SMILES string of the molecule is CN1CCN([n+]2cc(NC(=O)CCSC(=O)C3CCCCC3)on2)CC1. The molecule has 0 aromatic carbocycles. The molecule has 26 heavy (non-hydrogen) atoms. The fourth-order valence-electron chi connectivity index (χ4n) is 3.33. The molecule has 0 radical (unpaired) electrons. The van der Waals surface area contributed by atoms with Crippen molar-refractivity contribution in [2.24, 2.45) is 5.92 Å². The van der Waals surface area contributed by atoms with Crippen molar-refractivity contribution < 1.29 is 18.9 Å². The lowest BCUT2D eigenvalue weighted by Crippen LogP contribution is -2.64. The number of carbonyl (C=O) groups is 2. The Balaban J connectivity index is 1.37. The number of anilines is 1. The summed E-state index contributed by atoms with van der Waals surface area (Å²) in [5.41, 5.74) is 0. The van der Waals surface area contributed by atoms with Gasteiger partial charge in [-0.3, -0.25) is 19.4 Å². The summed E-state index contributed by atoms with van der Waals surface area (Å²) in [7, 11) is 2.09. The fraction of sp³-hybridized carbons (Fsp3) is 0.765. The number of amides is 1. The average molecular weight is 383 g/mol. The van der Waals surface area contributed by atoms with E-state index in [1.807, 2.05) is 0 Å². The second-order valence-electron chi connectivity index (χ2n) is 7.04. The molecule has 1 N–H and O–H groups in total. The number of nitrogens with zero attached hydrogens (tertiary/aromatic N) is 4. The lowest BCUT2D eigenvalue weighted by atomic mass is 9.90. The van der Waals surface area contributed by atoms with Crippen molar-refractivity contribution in [1.29, 1.82) is 0 Å². The Labute approximate surface area is 158 Å². The highest BCUT2D eigenvalue weighted by Crippen LogP contribution is 2.28. The molecule has 9 heteroatoms. The van der Waals surface area contributed by atoms with E-state index in [-0.39, 0.29) is 16.9 Å². The molecular formula is C17H28N5O3S+. The number of aromatic nitrogens is 2. The van der Waals surface area contributed by atoms with Crippen molar-refractivity contribution in [3.63, 3.8) is 0 Å². The van der Waals surface area contributed by atoms with Crippen LogP contribution in [0.2, 0.25) is 0 Å². The average Bonchev–Trinajstić information content (AvgIpc) is 3.11. The van der Waals surface area contributed by atoms with Crippen LogP contribution in [0.1, 0.15) is 38.5 Å². The van der Waals surface area contributed by atoms with Gasteiger partial charge in [-0.25, -0.2) is 0 Å². The Morgan fingerprint density at radius 3 is 2.73 bits per heavy atom. The Kier molecular flexibility index (Phi) is 6.90. The number of carbonyl (C=O) groups excluding carboxylic acids is 2. The smallest absolute Gasteiger partial charge is 0.302 e. The zero-order valence-corrected chi connectivity index (χ0v) is 16.2. The maximum atomic E-state index is 12.1. The zero-order chi connectivity index (χ0) is 18.4. The number of hydrogen-bond acceptors (Lipinski definition) is 7. The Bertz CT molecular complexity index is 609. The molecular weight excluding hydrogens is 354 g/mol. The van der Waals surface area contributed by atoms with Gasteiger partial charge in [-0.1, -0.05) is 31.0 Å². The van der Waals surface area contributed by atoms with Crippen molar-refractivity contribution in [2.75, 3.05) is 49.3 Å². The maximum absolute atomic E-state index is 12.1. The van der Waals surface area contributed by atoms with Crippen LogP contribution >= 0.6 is 11.8 Å². The van der Waals surface area contributed by atoms with Gasteiger partial charge in [-0.15, -0.1) is 0 Å². The molecule has 2 fully saturated rings. The van der Waals surface area contributed by atoms with E-state index in [1.165, 1.54) is 18.2 Å². The van der Waals surface area contributed by atoms with Crippen LogP contribution in [-0.2, 0) is 9.59 Å². The molecule has 2 heterocycles. The van der Waals surface area contributed by atoms with Crippen LogP contribution in [0.5, 0.6) is 0 Å². The number of hydrogen-bond donors (Lipinski definition) is 1. The number of thioether (sulfide) groups is 1. The van der Waals surface area contributed by atoms with Crippen molar-refractivity contribution >= 4 is 28.7 Å². The molecule has 0 unspecified atom stereocenters. The molecule has 1 amide bonds. The van der Waals surface area contributed by atoms with E-state index in [4.69, 9.17) is 4.52 Å². The minimum absolute atomic E-state index is 0.157. The normalized spacial score (nSPS) is 19.5. The van der Waals surface area contributed by atoms with Crippen LogP contribution in [0, 0.1) is 5.92 Å². The first-order chi connectivity index (χ1) is 12.6. The molecule has 144 valence electrons. The largest absolute Gasteiger partial charge is 0.305 e. The van der Waals surface area contributed by atoms with Gasteiger partial charge >= 0.3 is 5.88 Å². The summed E-state index contributed by atoms with van der Waals surface area (Å²) in [6.07, 6.45) is 7.52. The molecule has 1 aliphatic heterocycles. The highest BCUT2D eigenvalue weighted by Gasteiger charge is 2.25. The lowest BCUT2D eigenvalue weighted by molar-refractivity contribution is -0.759. The van der Waals surface area contributed by atoms with Crippen molar-refractivity contribution in [1.82, 2.24) is 10.2 Å². The molecule has 1 saturated heterocycles. The number of piperazine rings is 1. The molecule has 8 nitrogen and oxygen atoms in total. The molecule has 1 aromatic heterocycles. The molecule has 1 aliphatic carbocycles. The van der Waals surface area contributed by atoms with Gasteiger partial charge < -0.3 is 4.90 Å². The Hall–Kier alpha value is -1.61. The highest BCUT2D eigenvalue weighted by molar-refractivity contribution is 8.13. The second kappa shape index (κ2) is 9.36. The number of rotatable bonds is 6. The van der Waals surface area contributed by atoms with E-state index < -0.39 is 0 Å². The topological polar surface area (TPSA) is 82.6 Å². The van der Waals surface area contributed by atoms with Gasteiger partial charge in [0, 0.05) is 31.2 Å². The van der Waals surface area contributed by atoms with Crippen molar-refractivity contribution in [3.8, 4) is 0 Å². The number of nitrogens with one attached hydrogen (secondary N) is 1. The molecule has 2 aliphatic rings. The van der Waals surface area contributed by atoms with Crippen LogP contribution in [0.15, 0.2) is 10.7 Å². The Morgan fingerprint density at radius 2 is 2.00 bits per heavy atom. The van der Waals surface area contributed by atoms with E-state index in [2.05, 4.69) is 27.5 Å². The van der Waals surface area contributed by atoms with Gasteiger partial charge in [0.15, 0.2) is 5.12 Å². The third-order valence-electron chi connectivity index (χ3n) is 5.00. The molecule has 1 aromatic rings. The summed E-state index contributed by atoms with van der Waals surface area (Å²) in [6, 6.07) is 0. The highest BCUT2D eigenvalue weighted by atomic mass is 32.2. The minimum atomic E-state index is -0.157. The molecule has 0 bridgehead atoms. The molecule has 0 spiro atoms. The summed E-state index contributed by atoms with van der Waals surface area (Å²) in [5.74, 6) is 0.870. The van der Waals surface area contributed by atoms with Gasteiger partial charge in [0.05, 0.1) is 17.9 Å². The van der Waals surface area contributed by atoms with Crippen LogP contribution in [-0.4, -0.2) is 60.2 Å². The quantitative estimate of drug-likeness (QED) is 0.736. The van der Waals surface area contributed by atoms with Gasteiger partial charge in [0.2, 0.25) is 11.2 Å². The van der Waals surface area contributed by atoms with E-state index in [0.717, 1.165) is 51.9 Å². The third kappa shape index (κ3) is 5.44. The van der Waals surface area contributed by atoms with E-state index in [0.29, 0.717) is 18.1 Å². The van der Waals surface area contributed by atoms with Crippen LogP contribution < -0.4 is 15.1 Å². The Morgan fingerprint density at radius 1 is 1.27 bits per heavy atom. The second-order valence-corrected chi connectivity index (χ2v) is 8.14. The van der Waals surface area contributed by atoms with Crippen LogP contribution in [0.4, 0.5) is 5.88 Å². The van der Waals surface area contributed by atoms with Crippen molar-refractivity contribution in [3.05, 3.63) is 6.20 Å². The standard InChI is InChI=1S/C17H27N5O3S/c1-20-8-10-21(11-9-20)22-13-16(25-19-22)18-15(23)7-12-26-17(24)14-5-3-2-4-6-14/h13-14H,2-12H2,1H3/p+1. The summed E-state index contributed by atoms with van der Waals surface area (Å²) in [6.45, 7) is 3.66. The summed E-state index contributed by atoms with van der Waals surface area (Å²) in [5, 5.41) is 8.98. The lowest BCUT2D eigenvalue weighted by Gasteiger charge is -2.26. The molecule has 0 atom stereocenters. The van der Waals surface area contributed by atoms with E-state index in [9.17, 15) is 9.59 Å². The minimum Gasteiger partial charge on any atom is -0.302 e. The van der Waals surface area contributed by atoms with Crippen molar-refractivity contribution in [2.45, 2.75) is 38.5 Å². The first kappa shape index (κ1) is 19.2. The van der Waals surface area contributed by atoms with Gasteiger partial charge in [-0.05, 0) is 19.9 Å². The predicted molar refractivity (Wildman–Crippen MR) is 99.4 cm³/mol. The van der Waals surface area contributed by atoms with Crippen LogP contribution in [0.25, 0.3) is 0 Å². The fourth-order valence-corrected chi connectivity index (χ4v) is 4.29. The maximum Gasteiger partial charge on any atom is 0.305 e. The first-order valence-corrected chi connectivity index (χ1v) is 10.4. The molecule has 3 rings (SSSR count). The monoisotopic (exact) mass is 382 g/mol. The summed E-state index contributed by atoms with van der Waals surface area (Å²) < 4.78 is 5.19. The van der Waals surface area contributed by atoms with E-state index in [1.54, 1.807) is 11.0 Å². The number of likely N-dealkylation sites (N-methyl/N-ethyl adjacent to an activating group) is 1. The molecule has 1 saturated carbocycles. The van der Waals surface area contributed by atoms with E-state index >= 15 is 0 Å². The predicted octanol–water partition coefficient (Wildman–Crippen LogP) is 1.01. The summed E-state index contributed by atoms with van der Waals surface area (Å²) >= 11 is 1.29. The third-order valence-corrected chi connectivity index (χ3v) is 6.03. The van der Waals surface area contributed by atoms with Gasteiger partial charge in [-0.2, -0.15) is 5.01 Å². The van der Waals surface area contributed by atoms with Gasteiger partial charge in [0.25, 0.3) is 6.20 Å². The zero-order valence-electron chi connectivity index (χ0n) is 15.4. The van der Waals surface area contributed by atoms with Crippen LogP contribution in [0.3, 0.4) is 0 Å². The van der Waals surface area contributed by atoms with Gasteiger partial charge in [0.1, 0.15) is 0 Å². The summed E-state index contributed by atoms with van der Waals surface area (Å²) in [4.78, 5) is 28.1. The first-order valence-electron chi connectivity index (χ1n) is 9.41.